The summed E-state index contributed by atoms with van der Waals surface area (Å²) in [6.07, 6.45) is 5.00. The Morgan fingerprint density at radius 1 is 1.02 bits per heavy atom. The third-order valence-corrected chi connectivity index (χ3v) is 9.09. The Bertz CT molecular complexity index is 1490. The van der Waals surface area contributed by atoms with Crippen LogP contribution in [0, 0.1) is 6.92 Å². The topological polar surface area (TPSA) is 112 Å². The molecule has 1 aliphatic rings. The smallest absolute Gasteiger partial charge is 0.232 e. The molecule has 2 aromatic carbocycles. The maximum atomic E-state index is 12.4. The predicted molar refractivity (Wildman–Crippen MR) is 169 cm³/mol. The molecule has 3 aromatic rings. The molecule has 4 rings (SSSR count). The zero-order chi connectivity index (χ0) is 29.9. The number of benzene rings is 2. The zero-order valence-electron chi connectivity index (χ0n) is 24.5. The lowest BCUT2D eigenvalue weighted by molar-refractivity contribution is 0.249. The van der Waals surface area contributed by atoms with Crippen LogP contribution in [0.2, 0.25) is 0 Å². The van der Waals surface area contributed by atoms with Crippen LogP contribution < -0.4 is 29.3 Å². The van der Waals surface area contributed by atoms with E-state index in [1.165, 1.54) is 18.5 Å². The fourth-order valence-electron chi connectivity index (χ4n) is 4.95. The van der Waals surface area contributed by atoms with E-state index in [1.807, 2.05) is 6.07 Å². The highest BCUT2D eigenvalue weighted by molar-refractivity contribution is 9.10. The molecule has 41 heavy (non-hydrogen) atoms. The number of sulfonamides is 1. The highest BCUT2D eigenvalue weighted by Crippen LogP contribution is 2.40. The van der Waals surface area contributed by atoms with Gasteiger partial charge >= 0.3 is 0 Å². The van der Waals surface area contributed by atoms with Gasteiger partial charge in [-0.15, -0.1) is 0 Å². The standard InChI is InChI=1S/C28H38BrN7O4S/c1-18-15-22(25(40-6)16-23(18)36-13-11-19(12-14-36)34(2)3)32-28-30-17-20(29)27(33-28)31-21-9-8-10-24(39-5)26(21)35(4)41(7,37)38/h8-10,15-17,19H,11-14H2,1-7H3,(H2,30,31,32,33). The number of piperidine rings is 1. The molecule has 0 radical (unpaired) electrons. The Labute approximate surface area is 251 Å². The highest BCUT2D eigenvalue weighted by atomic mass is 79.9. The number of ether oxygens (including phenoxy) is 2. The molecule has 0 bridgehead atoms. The molecule has 2 N–H and O–H groups in total. The first-order valence-electron chi connectivity index (χ1n) is 13.2. The number of para-hydroxylation sites is 1. The molecule has 0 saturated carbocycles. The minimum Gasteiger partial charge on any atom is -0.494 e. The van der Waals surface area contributed by atoms with Crippen molar-refractivity contribution < 1.29 is 17.9 Å². The van der Waals surface area contributed by atoms with Gasteiger partial charge in [-0.1, -0.05) is 6.07 Å². The first-order chi connectivity index (χ1) is 19.4. The molecule has 1 aromatic heterocycles. The van der Waals surface area contributed by atoms with Gasteiger partial charge in [-0.3, -0.25) is 4.31 Å². The molecular formula is C28H38BrN7O4S. The van der Waals surface area contributed by atoms with Crippen LogP contribution in [-0.4, -0.2) is 84.0 Å². The van der Waals surface area contributed by atoms with Crippen molar-refractivity contribution in [1.29, 1.82) is 0 Å². The molecule has 2 heterocycles. The SMILES string of the molecule is COc1cc(N2CCC(N(C)C)CC2)c(C)cc1Nc1ncc(Br)c(Nc2cccc(OC)c2N(C)S(C)(=O)=O)n1. The van der Waals surface area contributed by atoms with Crippen molar-refractivity contribution in [2.24, 2.45) is 0 Å². The van der Waals surface area contributed by atoms with Crippen molar-refractivity contribution in [2.75, 3.05) is 74.5 Å². The molecule has 0 unspecified atom stereocenters. The normalized spacial score (nSPS) is 14.2. The number of aromatic nitrogens is 2. The van der Waals surface area contributed by atoms with Crippen molar-refractivity contribution in [3.8, 4) is 11.5 Å². The van der Waals surface area contributed by atoms with Gasteiger partial charge in [-0.05, 0) is 73.6 Å². The van der Waals surface area contributed by atoms with Crippen molar-refractivity contribution in [1.82, 2.24) is 14.9 Å². The lowest BCUT2D eigenvalue weighted by Gasteiger charge is -2.37. The molecule has 13 heteroatoms. The highest BCUT2D eigenvalue weighted by Gasteiger charge is 2.24. The second-order valence-electron chi connectivity index (χ2n) is 10.2. The molecule has 0 spiro atoms. The monoisotopic (exact) mass is 647 g/mol. The summed E-state index contributed by atoms with van der Waals surface area (Å²) in [6, 6.07) is 9.95. The summed E-state index contributed by atoms with van der Waals surface area (Å²) in [4.78, 5) is 13.8. The number of nitrogens with zero attached hydrogens (tertiary/aromatic N) is 5. The molecule has 0 atom stereocenters. The van der Waals surface area contributed by atoms with Crippen LogP contribution in [0.15, 0.2) is 41.0 Å². The van der Waals surface area contributed by atoms with E-state index in [1.54, 1.807) is 31.5 Å². The maximum Gasteiger partial charge on any atom is 0.232 e. The Hall–Kier alpha value is -3.29. The minimum atomic E-state index is -3.56. The van der Waals surface area contributed by atoms with E-state index in [4.69, 9.17) is 9.47 Å². The summed E-state index contributed by atoms with van der Waals surface area (Å²) >= 11 is 3.50. The average molecular weight is 649 g/mol. The van der Waals surface area contributed by atoms with Crippen LogP contribution in [0.1, 0.15) is 18.4 Å². The Balaban J connectivity index is 1.61. The fraction of sp³-hybridized carbons (Fsp3) is 0.429. The van der Waals surface area contributed by atoms with Crippen LogP contribution in [0.3, 0.4) is 0 Å². The van der Waals surface area contributed by atoms with E-state index in [-0.39, 0.29) is 0 Å². The summed E-state index contributed by atoms with van der Waals surface area (Å²) in [6.45, 7) is 4.08. The van der Waals surface area contributed by atoms with E-state index in [0.29, 0.717) is 45.2 Å². The zero-order valence-corrected chi connectivity index (χ0v) is 26.9. The number of methoxy groups -OCH3 is 2. The Morgan fingerprint density at radius 3 is 2.32 bits per heavy atom. The van der Waals surface area contributed by atoms with Crippen molar-refractivity contribution in [2.45, 2.75) is 25.8 Å². The third-order valence-electron chi connectivity index (χ3n) is 7.33. The Kier molecular flexibility index (Phi) is 9.50. The second kappa shape index (κ2) is 12.7. The molecule has 0 amide bonds. The van der Waals surface area contributed by atoms with E-state index in [0.717, 1.165) is 49.1 Å². The molecule has 11 nitrogen and oxygen atoms in total. The quantitative estimate of drug-likeness (QED) is 0.312. The van der Waals surface area contributed by atoms with Gasteiger partial charge in [0.25, 0.3) is 0 Å². The van der Waals surface area contributed by atoms with Crippen LogP contribution in [0.5, 0.6) is 11.5 Å². The Morgan fingerprint density at radius 2 is 1.71 bits per heavy atom. The number of nitrogens with one attached hydrogen (secondary N) is 2. The van der Waals surface area contributed by atoms with Gasteiger partial charge in [0.15, 0.2) is 0 Å². The minimum absolute atomic E-state index is 0.342. The van der Waals surface area contributed by atoms with Gasteiger partial charge in [0.2, 0.25) is 16.0 Å². The molecule has 1 saturated heterocycles. The lowest BCUT2D eigenvalue weighted by atomic mass is 10.0. The van der Waals surface area contributed by atoms with Crippen LogP contribution in [0.4, 0.5) is 34.5 Å². The van der Waals surface area contributed by atoms with Crippen molar-refractivity contribution in [3.63, 3.8) is 0 Å². The van der Waals surface area contributed by atoms with Crippen molar-refractivity contribution >= 4 is 60.5 Å². The van der Waals surface area contributed by atoms with Gasteiger partial charge in [0, 0.05) is 44.1 Å². The molecule has 222 valence electrons. The number of hydrogen-bond acceptors (Lipinski definition) is 10. The first kappa shape index (κ1) is 30.7. The van der Waals surface area contributed by atoms with E-state index in [9.17, 15) is 8.42 Å². The summed E-state index contributed by atoms with van der Waals surface area (Å²) in [5.74, 6) is 1.87. The second-order valence-corrected chi connectivity index (χ2v) is 13.1. The van der Waals surface area contributed by atoms with Gasteiger partial charge in [0.1, 0.15) is 23.0 Å². The number of halogens is 1. The van der Waals surface area contributed by atoms with Crippen molar-refractivity contribution in [3.05, 3.63) is 46.6 Å². The summed E-state index contributed by atoms with van der Waals surface area (Å²) in [5, 5.41) is 6.52. The van der Waals surface area contributed by atoms with E-state index < -0.39 is 10.0 Å². The van der Waals surface area contributed by atoms with Crippen LogP contribution in [-0.2, 0) is 10.0 Å². The number of hydrogen-bond donors (Lipinski definition) is 2. The molecule has 0 aliphatic carbocycles. The van der Waals surface area contributed by atoms with Crippen LogP contribution >= 0.6 is 15.9 Å². The fourth-order valence-corrected chi connectivity index (χ4v) is 5.76. The predicted octanol–water partition coefficient (Wildman–Crippen LogP) is 4.98. The average Bonchev–Trinajstić information content (AvgIpc) is 2.94. The van der Waals surface area contributed by atoms with E-state index in [2.05, 4.69) is 73.4 Å². The van der Waals surface area contributed by atoms with Crippen LogP contribution in [0.25, 0.3) is 0 Å². The van der Waals surface area contributed by atoms with E-state index >= 15 is 0 Å². The third kappa shape index (κ3) is 6.96. The number of anilines is 6. The summed E-state index contributed by atoms with van der Waals surface area (Å²) in [7, 11) is 5.35. The molecule has 1 aliphatic heterocycles. The first-order valence-corrected chi connectivity index (χ1v) is 15.8. The lowest BCUT2D eigenvalue weighted by Crippen LogP contribution is -2.42. The van der Waals surface area contributed by atoms with Gasteiger partial charge in [0.05, 0.1) is 36.3 Å². The summed E-state index contributed by atoms with van der Waals surface area (Å²) in [5.41, 5.74) is 3.88. The van der Waals surface area contributed by atoms with Gasteiger partial charge < -0.3 is 29.9 Å². The number of aryl methyl sites for hydroxylation is 1. The maximum absolute atomic E-state index is 12.4. The van der Waals surface area contributed by atoms with Gasteiger partial charge in [-0.25, -0.2) is 13.4 Å². The molecule has 1 fully saturated rings. The molecular weight excluding hydrogens is 610 g/mol. The largest absolute Gasteiger partial charge is 0.494 e. The number of rotatable bonds is 10. The van der Waals surface area contributed by atoms with Gasteiger partial charge in [-0.2, -0.15) is 4.98 Å². The summed E-state index contributed by atoms with van der Waals surface area (Å²) < 4.78 is 37.7.